The molecule has 18 heavy (non-hydrogen) atoms. The van der Waals surface area contributed by atoms with Gasteiger partial charge in [0.25, 0.3) is 5.91 Å². The van der Waals surface area contributed by atoms with Crippen LogP contribution in [0.2, 0.25) is 0 Å². The maximum absolute atomic E-state index is 12.3. The van der Waals surface area contributed by atoms with Crippen molar-refractivity contribution < 1.29 is 4.79 Å². The van der Waals surface area contributed by atoms with Crippen LogP contribution >= 0.6 is 0 Å². The van der Waals surface area contributed by atoms with E-state index in [0.29, 0.717) is 0 Å². The van der Waals surface area contributed by atoms with Crippen LogP contribution in [0.1, 0.15) is 20.8 Å². The van der Waals surface area contributed by atoms with Gasteiger partial charge >= 0.3 is 0 Å². The normalized spacial score (nSPS) is 23.3. The summed E-state index contributed by atoms with van der Waals surface area (Å²) < 4.78 is 0. The van der Waals surface area contributed by atoms with E-state index in [1.165, 1.54) is 0 Å². The molecule has 1 fully saturated rings. The average molecular weight is 251 g/mol. The lowest BCUT2D eigenvalue weighted by Gasteiger charge is -2.42. The summed E-state index contributed by atoms with van der Waals surface area (Å²) in [5.41, 5.74) is 1.18. The summed E-state index contributed by atoms with van der Waals surface area (Å²) >= 11 is 0. The molecule has 2 heterocycles. The molecule has 4 nitrogen and oxygen atoms in total. The summed E-state index contributed by atoms with van der Waals surface area (Å²) in [4.78, 5) is 18.9. The van der Waals surface area contributed by atoms with Gasteiger partial charge in [-0.3, -0.25) is 14.6 Å². The van der Waals surface area contributed by atoms with Gasteiger partial charge in [-0.25, -0.2) is 0 Å². The van der Waals surface area contributed by atoms with Gasteiger partial charge in [-0.1, -0.05) is 6.08 Å². The number of hydrogen-bond acceptors (Lipinski definition) is 3. The number of piperazine rings is 1. The Hall–Kier alpha value is -0.870. The SMILES string of the molecule is CN1CC=C(C(=O)N2CCN(C(C)(C)C)CC2)C1. The van der Waals surface area contributed by atoms with Crippen molar-refractivity contribution in [3.8, 4) is 0 Å². The van der Waals surface area contributed by atoms with E-state index in [9.17, 15) is 4.79 Å². The molecule has 0 radical (unpaired) electrons. The maximum atomic E-state index is 12.3. The molecular weight excluding hydrogens is 226 g/mol. The quantitative estimate of drug-likeness (QED) is 0.690. The van der Waals surface area contributed by atoms with Crippen molar-refractivity contribution in [2.75, 3.05) is 46.3 Å². The van der Waals surface area contributed by atoms with E-state index in [4.69, 9.17) is 0 Å². The van der Waals surface area contributed by atoms with Crippen LogP contribution in [0.3, 0.4) is 0 Å². The second-order valence-corrected chi connectivity index (χ2v) is 6.38. The Morgan fingerprint density at radius 1 is 1.17 bits per heavy atom. The van der Waals surface area contributed by atoms with E-state index in [0.717, 1.165) is 44.8 Å². The first-order valence-corrected chi connectivity index (χ1v) is 6.80. The molecule has 102 valence electrons. The first-order chi connectivity index (χ1) is 8.38. The molecule has 4 heteroatoms. The highest BCUT2D eigenvalue weighted by atomic mass is 16.2. The van der Waals surface area contributed by atoms with Crippen molar-refractivity contribution in [2.24, 2.45) is 0 Å². The first-order valence-electron chi connectivity index (χ1n) is 6.80. The van der Waals surface area contributed by atoms with Gasteiger partial charge in [0.1, 0.15) is 0 Å². The van der Waals surface area contributed by atoms with E-state index in [1.54, 1.807) is 0 Å². The van der Waals surface area contributed by atoms with Gasteiger partial charge in [-0.15, -0.1) is 0 Å². The van der Waals surface area contributed by atoms with Crippen molar-refractivity contribution in [3.63, 3.8) is 0 Å². The van der Waals surface area contributed by atoms with Gasteiger partial charge in [0.2, 0.25) is 0 Å². The highest BCUT2D eigenvalue weighted by Gasteiger charge is 2.29. The monoisotopic (exact) mass is 251 g/mol. The molecule has 0 N–H and O–H groups in total. The molecule has 2 aliphatic rings. The summed E-state index contributed by atoms with van der Waals surface area (Å²) in [6.07, 6.45) is 2.07. The zero-order valence-corrected chi connectivity index (χ0v) is 12.1. The number of nitrogens with zero attached hydrogens (tertiary/aromatic N) is 3. The van der Waals surface area contributed by atoms with Gasteiger partial charge in [-0.2, -0.15) is 0 Å². The number of likely N-dealkylation sites (N-methyl/N-ethyl adjacent to an activating group) is 1. The van der Waals surface area contributed by atoms with E-state index in [-0.39, 0.29) is 11.4 Å². The average Bonchev–Trinajstić information content (AvgIpc) is 2.74. The molecule has 1 amide bonds. The summed E-state index contributed by atoms with van der Waals surface area (Å²) in [5.74, 6) is 0.243. The fraction of sp³-hybridized carbons (Fsp3) is 0.786. The Labute approximate surface area is 110 Å². The molecule has 0 atom stereocenters. The number of carbonyl (C=O) groups is 1. The van der Waals surface area contributed by atoms with Crippen LogP contribution < -0.4 is 0 Å². The lowest BCUT2D eigenvalue weighted by Crippen LogP contribution is -2.55. The minimum absolute atomic E-state index is 0.210. The molecule has 0 aliphatic carbocycles. The Kier molecular flexibility index (Phi) is 3.78. The third kappa shape index (κ3) is 2.93. The van der Waals surface area contributed by atoms with Crippen molar-refractivity contribution in [2.45, 2.75) is 26.3 Å². The Morgan fingerprint density at radius 2 is 1.78 bits per heavy atom. The zero-order valence-electron chi connectivity index (χ0n) is 12.1. The number of rotatable bonds is 1. The molecule has 0 aromatic rings. The molecule has 2 aliphatic heterocycles. The van der Waals surface area contributed by atoms with Crippen molar-refractivity contribution >= 4 is 5.91 Å². The van der Waals surface area contributed by atoms with E-state index < -0.39 is 0 Å². The highest BCUT2D eigenvalue weighted by molar-refractivity contribution is 5.94. The zero-order chi connectivity index (χ0) is 13.3. The summed E-state index contributed by atoms with van der Waals surface area (Å²) in [5, 5.41) is 0. The minimum Gasteiger partial charge on any atom is -0.336 e. The molecule has 0 unspecified atom stereocenters. The van der Waals surface area contributed by atoms with Crippen LogP contribution in [-0.2, 0) is 4.79 Å². The Balaban J connectivity index is 1.88. The van der Waals surface area contributed by atoms with Crippen molar-refractivity contribution in [1.29, 1.82) is 0 Å². The van der Waals surface area contributed by atoms with Crippen LogP contribution in [0, 0.1) is 0 Å². The predicted molar refractivity (Wildman–Crippen MR) is 73.5 cm³/mol. The number of amides is 1. The van der Waals surface area contributed by atoms with E-state index in [2.05, 4.69) is 36.6 Å². The fourth-order valence-corrected chi connectivity index (χ4v) is 2.62. The van der Waals surface area contributed by atoms with Gasteiger partial charge in [-0.05, 0) is 27.8 Å². The molecular formula is C14H25N3O. The highest BCUT2D eigenvalue weighted by Crippen LogP contribution is 2.18. The summed E-state index contributed by atoms with van der Waals surface area (Å²) in [7, 11) is 2.05. The van der Waals surface area contributed by atoms with Gasteiger partial charge < -0.3 is 4.90 Å². The number of carbonyl (C=O) groups excluding carboxylic acids is 1. The van der Waals surface area contributed by atoms with Gasteiger partial charge in [0.05, 0.1) is 0 Å². The Morgan fingerprint density at radius 3 is 2.22 bits per heavy atom. The lowest BCUT2D eigenvalue weighted by atomic mass is 10.0. The molecule has 0 bridgehead atoms. The maximum Gasteiger partial charge on any atom is 0.250 e. The molecule has 2 rings (SSSR count). The summed E-state index contributed by atoms with van der Waals surface area (Å²) in [6, 6.07) is 0. The molecule has 0 saturated carbocycles. The molecule has 1 saturated heterocycles. The second kappa shape index (κ2) is 5.02. The Bertz CT molecular complexity index is 349. The standard InChI is InChI=1S/C14H25N3O/c1-14(2,3)17-9-7-16(8-10-17)13(18)12-5-6-15(4)11-12/h5H,6-11H2,1-4H3. The smallest absolute Gasteiger partial charge is 0.250 e. The minimum atomic E-state index is 0.210. The predicted octanol–water partition coefficient (Wildman–Crippen LogP) is 0.801. The van der Waals surface area contributed by atoms with Crippen molar-refractivity contribution in [3.05, 3.63) is 11.6 Å². The van der Waals surface area contributed by atoms with Gasteiger partial charge in [0.15, 0.2) is 0 Å². The van der Waals surface area contributed by atoms with Crippen LogP contribution in [0.5, 0.6) is 0 Å². The van der Waals surface area contributed by atoms with Gasteiger partial charge in [0, 0.05) is 50.4 Å². The van der Waals surface area contributed by atoms with E-state index in [1.807, 2.05) is 11.9 Å². The van der Waals surface area contributed by atoms with Crippen LogP contribution in [0.4, 0.5) is 0 Å². The lowest BCUT2D eigenvalue weighted by molar-refractivity contribution is -0.129. The summed E-state index contributed by atoms with van der Waals surface area (Å²) in [6.45, 7) is 12.1. The topological polar surface area (TPSA) is 26.8 Å². The van der Waals surface area contributed by atoms with E-state index >= 15 is 0 Å². The molecule has 0 spiro atoms. The molecule has 0 aromatic heterocycles. The third-order valence-corrected chi connectivity index (χ3v) is 3.88. The number of hydrogen-bond donors (Lipinski definition) is 0. The molecule has 0 aromatic carbocycles. The first kappa shape index (κ1) is 13.6. The second-order valence-electron chi connectivity index (χ2n) is 6.38. The van der Waals surface area contributed by atoms with Crippen LogP contribution in [0.25, 0.3) is 0 Å². The fourth-order valence-electron chi connectivity index (χ4n) is 2.62. The van der Waals surface area contributed by atoms with Crippen LogP contribution in [-0.4, -0.2) is 72.5 Å². The van der Waals surface area contributed by atoms with Crippen molar-refractivity contribution in [1.82, 2.24) is 14.7 Å². The van der Waals surface area contributed by atoms with Crippen LogP contribution in [0.15, 0.2) is 11.6 Å². The third-order valence-electron chi connectivity index (χ3n) is 3.88. The largest absolute Gasteiger partial charge is 0.336 e.